The largest absolute Gasteiger partial charge is 0.335 e. The van der Waals surface area contributed by atoms with E-state index in [1.165, 1.54) is 25.6 Å². The van der Waals surface area contributed by atoms with E-state index >= 15 is 0 Å². The number of nitrogens with one attached hydrogen (secondary N) is 3. The smallest absolute Gasteiger partial charge is 0.315 e. The minimum absolute atomic E-state index is 0.124. The Morgan fingerprint density at radius 1 is 1.47 bits per heavy atom. The number of urea groups is 1. The standard InChI is InChI=1S/C11H19N5O/c1-8(10-12-7-13-16-10)14-11(17)15-9-5-3-2-4-6-9/h7-9H,2-6H2,1H3,(H,12,13,16)(H2,14,15,17). The van der Waals surface area contributed by atoms with E-state index in [4.69, 9.17) is 0 Å². The molecule has 1 aliphatic rings. The molecule has 1 fully saturated rings. The highest BCUT2D eigenvalue weighted by molar-refractivity contribution is 5.74. The van der Waals surface area contributed by atoms with Gasteiger partial charge in [-0.1, -0.05) is 19.3 Å². The van der Waals surface area contributed by atoms with Crippen LogP contribution in [0.15, 0.2) is 6.33 Å². The summed E-state index contributed by atoms with van der Waals surface area (Å²) in [5.74, 6) is 0.670. The molecule has 1 aliphatic carbocycles. The van der Waals surface area contributed by atoms with Crippen molar-refractivity contribution in [1.82, 2.24) is 25.8 Å². The first kappa shape index (κ1) is 11.9. The SMILES string of the molecule is CC(NC(=O)NC1CCCCC1)c1ncn[nH]1. The first-order valence-corrected chi connectivity index (χ1v) is 6.18. The van der Waals surface area contributed by atoms with Crippen molar-refractivity contribution in [1.29, 1.82) is 0 Å². The topological polar surface area (TPSA) is 82.7 Å². The summed E-state index contributed by atoms with van der Waals surface area (Å²) < 4.78 is 0. The maximum atomic E-state index is 11.7. The summed E-state index contributed by atoms with van der Waals surface area (Å²) in [5.41, 5.74) is 0. The average Bonchev–Trinajstić information content (AvgIpc) is 2.83. The Balaban J connectivity index is 1.76. The van der Waals surface area contributed by atoms with Crippen LogP contribution >= 0.6 is 0 Å². The van der Waals surface area contributed by atoms with Crippen LogP contribution in [0.3, 0.4) is 0 Å². The van der Waals surface area contributed by atoms with Crippen LogP contribution in [-0.2, 0) is 0 Å². The molecule has 0 bridgehead atoms. The van der Waals surface area contributed by atoms with E-state index in [1.807, 2.05) is 6.92 Å². The van der Waals surface area contributed by atoms with Gasteiger partial charge in [0.15, 0.2) is 0 Å². The van der Waals surface area contributed by atoms with E-state index in [9.17, 15) is 4.79 Å². The van der Waals surface area contributed by atoms with Gasteiger partial charge in [0.2, 0.25) is 0 Å². The summed E-state index contributed by atoms with van der Waals surface area (Å²) in [6, 6.07) is 0.0487. The molecule has 0 spiro atoms. The number of aromatic amines is 1. The van der Waals surface area contributed by atoms with Crippen LogP contribution in [0, 0.1) is 0 Å². The highest BCUT2D eigenvalue weighted by Gasteiger charge is 2.17. The summed E-state index contributed by atoms with van der Waals surface area (Å²) in [4.78, 5) is 15.7. The quantitative estimate of drug-likeness (QED) is 0.745. The van der Waals surface area contributed by atoms with Gasteiger partial charge in [0.25, 0.3) is 0 Å². The van der Waals surface area contributed by atoms with Crippen molar-refractivity contribution < 1.29 is 4.79 Å². The Bertz CT molecular complexity index is 345. The van der Waals surface area contributed by atoms with Gasteiger partial charge in [0.05, 0.1) is 6.04 Å². The van der Waals surface area contributed by atoms with Gasteiger partial charge in [0, 0.05) is 6.04 Å². The van der Waals surface area contributed by atoms with E-state index in [-0.39, 0.29) is 12.1 Å². The van der Waals surface area contributed by atoms with Gasteiger partial charge in [-0.15, -0.1) is 0 Å². The molecule has 0 saturated heterocycles. The number of hydrogen-bond acceptors (Lipinski definition) is 3. The molecule has 3 N–H and O–H groups in total. The molecule has 1 saturated carbocycles. The molecule has 1 heterocycles. The zero-order valence-electron chi connectivity index (χ0n) is 10.1. The van der Waals surface area contributed by atoms with Crippen molar-refractivity contribution in [2.24, 2.45) is 0 Å². The molecule has 94 valence electrons. The van der Waals surface area contributed by atoms with Crippen molar-refractivity contribution in [3.63, 3.8) is 0 Å². The van der Waals surface area contributed by atoms with Gasteiger partial charge in [-0.2, -0.15) is 5.10 Å². The molecule has 1 unspecified atom stereocenters. The lowest BCUT2D eigenvalue weighted by atomic mass is 9.96. The summed E-state index contributed by atoms with van der Waals surface area (Å²) >= 11 is 0. The van der Waals surface area contributed by atoms with E-state index in [2.05, 4.69) is 25.8 Å². The Kier molecular flexibility index (Phi) is 3.95. The molecule has 1 atom stereocenters. The third-order valence-corrected chi connectivity index (χ3v) is 3.13. The summed E-state index contributed by atoms with van der Waals surface area (Å²) in [7, 11) is 0. The molecule has 2 amide bonds. The van der Waals surface area contributed by atoms with E-state index < -0.39 is 0 Å². The highest BCUT2D eigenvalue weighted by atomic mass is 16.2. The Morgan fingerprint density at radius 2 is 2.24 bits per heavy atom. The maximum absolute atomic E-state index is 11.7. The summed E-state index contributed by atoms with van der Waals surface area (Å²) in [6.45, 7) is 1.88. The second-order valence-corrected chi connectivity index (χ2v) is 4.55. The molecule has 2 rings (SSSR count). The molecule has 0 aromatic carbocycles. The predicted molar refractivity (Wildman–Crippen MR) is 63.3 cm³/mol. The molecular formula is C11H19N5O. The first-order chi connectivity index (χ1) is 8.25. The number of amides is 2. The predicted octanol–water partition coefficient (Wildman–Crippen LogP) is 1.50. The summed E-state index contributed by atoms with van der Waals surface area (Å²) in [5, 5.41) is 12.3. The Morgan fingerprint density at radius 3 is 2.88 bits per heavy atom. The fourth-order valence-electron chi connectivity index (χ4n) is 2.16. The van der Waals surface area contributed by atoms with Gasteiger partial charge >= 0.3 is 6.03 Å². The van der Waals surface area contributed by atoms with Crippen LogP contribution in [0.5, 0.6) is 0 Å². The molecule has 0 radical (unpaired) electrons. The number of carbonyl (C=O) groups excluding carboxylic acids is 1. The Labute approximate surface area is 101 Å². The number of nitrogens with zero attached hydrogens (tertiary/aromatic N) is 2. The molecule has 1 aromatic heterocycles. The molecule has 0 aliphatic heterocycles. The minimum atomic E-state index is -0.152. The van der Waals surface area contributed by atoms with Crippen molar-refractivity contribution in [2.45, 2.75) is 51.1 Å². The normalized spacial score (nSPS) is 18.6. The lowest BCUT2D eigenvalue weighted by molar-refractivity contribution is 0.229. The summed E-state index contributed by atoms with van der Waals surface area (Å²) in [6.07, 6.45) is 7.32. The van der Waals surface area contributed by atoms with Gasteiger partial charge in [-0.3, -0.25) is 5.10 Å². The van der Waals surface area contributed by atoms with Crippen molar-refractivity contribution in [3.8, 4) is 0 Å². The van der Waals surface area contributed by atoms with Crippen LogP contribution in [-0.4, -0.2) is 27.3 Å². The molecule has 6 heteroatoms. The van der Waals surface area contributed by atoms with Gasteiger partial charge in [-0.25, -0.2) is 9.78 Å². The number of H-pyrrole nitrogens is 1. The van der Waals surface area contributed by atoms with Crippen LogP contribution in [0.2, 0.25) is 0 Å². The van der Waals surface area contributed by atoms with Gasteiger partial charge < -0.3 is 10.6 Å². The molecule has 6 nitrogen and oxygen atoms in total. The van der Waals surface area contributed by atoms with Crippen LogP contribution in [0.4, 0.5) is 4.79 Å². The van der Waals surface area contributed by atoms with E-state index in [1.54, 1.807) is 0 Å². The molecule has 1 aromatic rings. The van der Waals surface area contributed by atoms with Crippen LogP contribution < -0.4 is 10.6 Å². The second-order valence-electron chi connectivity index (χ2n) is 4.55. The average molecular weight is 237 g/mol. The molecule has 17 heavy (non-hydrogen) atoms. The Hall–Kier alpha value is -1.59. The van der Waals surface area contributed by atoms with E-state index in [0.717, 1.165) is 12.8 Å². The van der Waals surface area contributed by atoms with Crippen LogP contribution in [0.25, 0.3) is 0 Å². The third-order valence-electron chi connectivity index (χ3n) is 3.13. The van der Waals surface area contributed by atoms with Crippen LogP contribution in [0.1, 0.15) is 50.9 Å². The maximum Gasteiger partial charge on any atom is 0.315 e. The zero-order valence-corrected chi connectivity index (χ0v) is 10.1. The second kappa shape index (κ2) is 5.65. The first-order valence-electron chi connectivity index (χ1n) is 6.18. The van der Waals surface area contributed by atoms with Crippen molar-refractivity contribution in [2.75, 3.05) is 0 Å². The lowest BCUT2D eigenvalue weighted by Crippen LogP contribution is -2.43. The third kappa shape index (κ3) is 3.44. The van der Waals surface area contributed by atoms with Gasteiger partial charge in [0.1, 0.15) is 12.2 Å². The monoisotopic (exact) mass is 237 g/mol. The van der Waals surface area contributed by atoms with Crippen molar-refractivity contribution in [3.05, 3.63) is 12.2 Å². The fraction of sp³-hybridized carbons (Fsp3) is 0.727. The highest BCUT2D eigenvalue weighted by Crippen LogP contribution is 2.17. The fourth-order valence-corrected chi connectivity index (χ4v) is 2.16. The number of carbonyl (C=O) groups is 1. The minimum Gasteiger partial charge on any atom is -0.335 e. The number of hydrogen-bond donors (Lipinski definition) is 3. The molecular weight excluding hydrogens is 218 g/mol. The zero-order chi connectivity index (χ0) is 12.1. The van der Waals surface area contributed by atoms with Crippen molar-refractivity contribution >= 4 is 6.03 Å². The number of rotatable bonds is 3. The van der Waals surface area contributed by atoms with Gasteiger partial charge in [-0.05, 0) is 19.8 Å². The van der Waals surface area contributed by atoms with E-state index in [0.29, 0.717) is 11.9 Å². The lowest BCUT2D eigenvalue weighted by Gasteiger charge is -2.23. The number of aromatic nitrogens is 3.